The van der Waals surface area contributed by atoms with Crippen LogP contribution in [0.4, 0.5) is 0 Å². The Morgan fingerprint density at radius 3 is 2.92 bits per heavy atom. The van der Waals surface area contributed by atoms with E-state index < -0.39 is 0 Å². The Labute approximate surface area is 142 Å². The number of nitrogens with zero attached hydrogens (tertiary/aromatic N) is 3. The largest absolute Gasteiger partial charge is 0.494 e. The Hall–Kier alpha value is -2.37. The zero-order chi connectivity index (χ0) is 16.9. The second kappa shape index (κ2) is 7.47. The number of ether oxygens (including phenoxy) is 1. The van der Waals surface area contributed by atoms with E-state index in [0.29, 0.717) is 19.4 Å². The number of hydrogen-bond donors (Lipinski definition) is 1. The maximum atomic E-state index is 12.1. The molecule has 24 heavy (non-hydrogen) atoms. The second-order valence-electron chi connectivity index (χ2n) is 6.28. The number of nitrogens with one attached hydrogen (secondary N) is 1. The first-order valence-corrected chi connectivity index (χ1v) is 8.54. The summed E-state index contributed by atoms with van der Waals surface area (Å²) >= 11 is 0. The van der Waals surface area contributed by atoms with Gasteiger partial charge in [0.25, 0.3) is 0 Å². The van der Waals surface area contributed by atoms with Crippen molar-refractivity contribution in [2.24, 2.45) is 0 Å². The average Bonchev–Trinajstić information content (AvgIpc) is 3.16. The van der Waals surface area contributed by atoms with Crippen molar-refractivity contribution in [3.63, 3.8) is 0 Å². The van der Waals surface area contributed by atoms with E-state index in [1.165, 1.54) is 5.56 Å². The smallest absolute Gasteiger partial charge is 0.220 e. The first kappa shape index (κ1) is 16.5. The van der Waals surface area contributed by atoms with E-state index in [1.54, 1.807) is 0 Å². The van der Waals surface area contributed by atoms with Crippen LogP contribution in [-0.2, 0) is 17.8 Å². The Bertz CT molecular complexity index is 694. The summed E-state index contributed by atoms with van der Waals surface area (Å²) in [5.74, 6) is 2.74. The summed E-state index contributed by atoms with van der Waals surface area (Å²) in [4.78, 5) is 12.1. The summed E-state index contributed by atoms with van der Waals surface area (Å²) in [5.41, 5.74) is 1.20. The predicted molar refractivity (Wildman–Crippen MR) is 90.8 cm³/mol. The monoisotopic (exact) mass is 328 g/mol. The van der Waals surface area contributed by atoms with Crippen LogP contribution in [0.25, 0.3) is 0 Å². The van der Waals surface area contributed by atoms with Gasteiger partial charge in [-0.3, -0.25) is 4.79 Å². The fourth-order valence-electron chi connectivity index (χ4n) is 2.93. The van der Waals surface area contributed by atoms with E-state index in [2.05, 4.69) is 20.1 Å². The van der Waals surface area contributed by atoms with Crippen molar-refractivity contribution in [1.29, 1.82) is 0 Å². The number of aryl methyl sites for hydroxylation is 2. The van der Waals surface area contributed by atoms with Crippen LogP contribution >= 0.6 is 0 Å². The number of hydrogen-bond acceptors (Lipinski definition) is 4. The van der Waals surface area contributed by atoms with Gasteiger partial charge < -0.3 is 14.6 Å². The zero-order valence-corrected chi connectivity index (χ0v) is 14.3. The molecule has 2 heterocycles. The van der Waals surface area contributed by atoms with Crippen molar-refractivity contribution in [2.75, 3.05) is 6.61 Å². The van der Waals surface area contributed by atoms with E-state index in [4.69, 9.17) is 4.74 Å². The van der Waals surface area contributed by atoms with Crippen LogP contribution in [0.15, 0.2) is 24.3 Å². The standard InChI is InChI=1S/C18H24N4O2/c1-13-7-9-15(10-8-13)24-12-4-6-17(23)19-14(2)18-21-20-16-5-3-11-22(16)18/h7-10,14H,3-6,11-12H2,1-2H3,(H,19,23). The fraction of sp³-hybridized carbons (Fsp3) is 0.500. The van der Waals surface area contributed by atoms with Crippen molar-refractivity contribution in [3.8, 4) is 5.75 Å². The number of aromatic nitrogens is 3. The predicted octanol–water partition coefficient (Wildman–Crippen LogP) is 2.57. The Morgan fingerprint density at radius 2 is 2.12 bits per heavy atom. The maximum Gasteiger partial charge on any atom is 0.220 e. The molecule has 1 unspecified atom stereocenters. The summed E-state index contributed by atoms with van der Waals surface area (Å²) in [5, 5.41) is 11.4. The molecule has 6 nitrogen and oxygen atoms in total. The third-order valence-electron chi connectivity index (χ3n) is 4.24. The second-order valence-corrected chi connectivity index (χ2v) is 6.28. The normalized spacial score (nSPS) is 14.2. The van der Waals surface area contributed by atoms with Gasteiger partial charge in [-0.2, -0.15) is 0 Å². The van der Waals surface area contributed by atoms with Crippen molar-refractivity contribution in [2.45, 2.75) is 52.1 Å². The minimum absolute atomic E-state index is 0.0188. The molecule has 0 saturated heterocycles. The lowest BCUT2D eigenvalue weighted by atomic mass is 10.2. The number of fused-ring (bicyclic) bond motifs is 1. The number of benzene rings is 1. The van der Waals surface area contributed by atoms with Gasteiger partial charge in [0, 0.05) is 19.4 Å². The molecule has 1 aromatic heterocycles. The van der Waals surface area contributed by atoms with E-state index in [9.17, 15) is 4.79 Å². The van der Waals surface area contributed by atoms with Gasteiger partial charge in [-0.15, -0.1) is 10.2 Å². The van der Waals surface area contributed by atoms with Crippen LogP contribution in [0.3, 0.4) is 0 Å². The molecule has 0 spiro atoms. The lowest BCUT2D eigenvalue weighted by Gasteiger charge is -2.14. The summed E-state index contributed by atoms with van der Waals surface area (Å²) < 4.78 is 7.76. The van der Waals surface area contributed by atoms with Crippen LogP contribution in [0, 0.1) is 6.92 Å². The lowest BCUT2D eigenvalue weighted by Crippen LogP contribution is -2.28. The van der Waals surface area contributed by atoms with E-state index in [-0.39, 0.29) is 11.9 Å². The topological polar surface area (TPSA) is 69.0 Å². The highest BCUT2D eigenvalue weighted by atomic mass is 16.5. The van der Waals surface area contributed by atoms with Crippen LogP contribution in [0.1, 0.15) is 49.4 Å². The molecular formula is C18H24N4O2. The van der Waals surface area contributed by atoms with E-state index in [0.717, 1.165) is 36.8 Å². The molecule has 6 heteroatoms. The van der Waals surface area contributed by atoms with Crippen molar-refractivity contribution in [3.05, 3.63) is 41.5 Å². The van der Waals surface area contributed by atoms with Gasteiger partial charge in [-0.1, -0.05) is 17.7 Å². The molecule has 0 fully saturated rings. The van der Waals surface area contributed by atoms with Crippen LogP contribution in [-0.4, -0.2) is 27.3 Å². The van der Waals surface area contributed by atoms with E-state index >= 15 is 0 Å². The highest BCUT2D eigenvalue weighted by Gasteiger charge is 2.22. The van der Waals surface area contributed by atoms with Gasteiger partial charge in [0.05, 0.1) is 12.6 Å². The van der Waals surface area contributed by atoms with Crippen molar-refractivity contribution >= 4 is 5.91 Å². The molecule has 2 aromatic rings. The molecule has 1 aliphatic rings. The fourth-order valence-corrected chi connectivity index (χ4v) is 2.93. The van der Waals surface area contributed by atoms with Crippen LogP contribution in [0.2, 0.25) is 0 Å². The molecule has 0 saturated carbocycles. The summed E-state index contributed by atoms with van der Waals surface area (Å²) in [6, 6.07) is 7.81. The quantitative estimate of drug-likeness (QED) is 0.793. The molecule has 1 N–H and O–H groups in total. The van der Waals surface area contributed by atoms with Gasteiger partial charge in [0.2, 0.25) is 5.91 Å². The first-order valence-electron chi connectivity index (χ1n) is 8.54. The van der Waals surface area contributed by atoms with Crippen LogP contribution in [0.5, 0.6) is 5.75 Å². The van der Waals surface area contributed by atoms with E-state index in [1.807, 2.05) is 38.1 Å². The molecule has 0 aliphatic carbocycles. The van der Waals surface area contributed by atoms with Gasteiger partial charge in [-0.25, -0.2) is 0 Å². The number of carbonyl (C=O) groups excluding carboxylic acids is 1. The summed E-state index contributed by atoms with van der Waals surface area (Å²) in [6.07, 6.45) is 3.21. The third-order valence-corrected chi connectivity index (χ3v) is 4.24. The lowest BCUT2D eigenvalue weighted by molar-refractivity contribution is -0.122. The van der Waals surface area contributed by atoms with Gasteiger partial charge in [0.1, 0.15) is 11.6 Å². The Morgan fingerprint density at radius 1 is 1.33 bits per heavy atom. The molecule has 1 aliphatic heterocycles. The average molecular weight is 328 g/mol. The molecule has 1 aromatic carbocycles. The van der Waals surface area contributed by atoms with Gasteiger partial charge in [-0.05, 0) is 38.8 Å². The minimum Gasteiger partial charge on any atom is -0.494 e. The number of carbonyl (C=O) groups is 1. The molecule has 1 amide bonds. The molecule has 3 rings (SSSR count). The van der Waals surface area contributed by atoms with Gasteiger partial charge in [0.15, 0.2) is 5.82 Å². The zero-order valence-electron chi connectivity index (χ0n) is 14.3. The highest BCUT2D eigenvalue weighted by Crippen LogP contribution is 2.19. The third kappa shape index (κ3) is 3.93. The summed E-state index contributed by atoms with van der Waals surface area (Å²) in [6.45, 7) is 5.48. The first-order chi connectivity index (χ1) is 11.6. The Balaban J connectivity index is 1.40. The number of amides is 1. The van der Waals surface area contributed by atoms with Crippen molar-refractivity contribution in [1.82, 2.24) is 20.1 Å². The molecular weight excluding hydrogens is 304 g/mol. The molecule has 0 radical (unpaired) electrons. The SMILES string of the molecule is Cc1ccc(OCCCC(=O)NC(C)c2nnc3n2CCC3)cc1. The molecule has 1 atom stereocenters. The number of rotatable bonds is 7. The maximum absolute atomic E-state index is 12.1. The van der Waals surface area contributed by atoms with Crippen LogP contribution < -0.4 is 10.1 Å². The van der Waals surface area contributed by atoms with Gasteiger partial charge >= 0.3 is 0 Å². The molecule has 0 bridgehead atoms. The highest BCUT2D eigenvalue weighted by molar-refractivity contribution is 5.76. The van der Waals surface area contributed by atoms with Crippen molar-refractivity contribution < 1.29 is 9.53 Å². The Kier molecular flexibility index (Phi) is 5.13. The summed E-state index contributed by atoms with van der Waals surface area (Å²) in [7, 11) is 0. The minimum atomic E-state index is -0.116. The molecule has 128 valence electrons.